The van der Waals surface area contributed by atoms with Crippen molar-refractivity contribution in [3.63, 3.8) is 0 Å². The Kier molecular flexibility index (Phi) is 5.26. The highest BCUT2D eigenvalue weighted by atomic mass is 35.5. The van der Waals surface area contributed by atoms with Crippen molar-refractivity contribution >= 4 is 29.6 Å². The Morgan fingerprint density at radius 2 is 2.09 bits per heavy atom. The van der Waals surface area contributed by atoms with Gasteiger partial charge in [0.1, 0.15) is 0 Å². The minimum atomic E-state index is -0.504. The topological polar surface area (TPSA) is 46.6 Å². The van der Waals surface area contributed by atoms with E-state index < -0.39 is 5.97 Å². The van der Waals surface area contributed by atoms with Gasteiger partial charge in [-0.25, -0.2) is 4.79 Å². The number of allylic oxidation sites excluding steroid dienone is 1. The Bertz CT molecular complexity index is 704. The van der Waals surface area contributed by atoms with Crippen LogP contribution >= 0.6 is 11.6 Å². The summed E-state index contributed by atoms with van der Waals surface area (Å²) < 4.78 is 4.86. The molecule has 5 heteroatoms. The molecule has 0 saturated heterocycles. The average Bonchev–Trinajstić information content (AvgIpc) is 2.71. The number of benzene rings is 1. The van der Waals surface area contributed by atoms with Gasteiger partial charge in [-0.2, -0.15) is 0 Å². The molecule has 1 heterocycles. The maximum absolute atomic E-state index is 12.7. The Morgan fingerprint density at radius 1 is 1.39 bits per heavy atom. The number of methoxy groups -OCH3 is 1. The Hall–Kier alpha value is -2.07. The Morgan fingerprint density at radius 3 is 2.65 bits per heavy atom. The first-order valence-electron chi connectivity index (χ1n) is 7.43. The van der Waals surface area contributed by atoms with Crippen LogP contribution in [-0.4, -0.2) is 30.4 Å². The summed E-state index contributed by atoms with van der Waals surface area (Å²) in [5.74, 6) is -0.398. The molecule has 1 aliphatic heterocycles. The summed E-state index contributed by atoms with van der Waals surface area (Å²) in [4.78, 5) is 26.5. The first-order chi connectivity index (χ1) is 10.8. The fourth-order valence-electron chi connectivity index (χ4n) is 2.58. The molecule has 1 amide bonds. The number of carbonyl (C=O) groups excluding carboxylic acids is 2. The van der Waals surface area contributed by atoms with E-state index in [1.54, 1.807) is 36.1 Å². The van der Waals surface area contributed by atoms with Gasteiger partial charge in [-0.15, -0.1) is 0 Å². The molecule has 0 fully saturated rings. The summed E-state index contributed by atoms with van der Waals surface area (Å²) in [5, 5.41) is 0.573. The number of amides is 1. The van der Waals surface area contributed by atoms with Crippen LogP contribution in [0.3, 0.4) is 0 Å². The van der Waals surface area contributed by atoms with Gasteiger partial charge in [0.2, 0.25) is 0 Å². The van der Waals surface area contributed by atoms with E-state index in [0.717, 1.165) is 5.56 Å². The normalized spacial score (nSPS) is 16.7. The lowest BCUT2D eigenvalue weighted by molar-refractivity contribution is -0.136. The molecule has 0 spiro atoms. The molecule has 0 saturated carbocycles. The molecule has 23 heavy (non-hydrogen) atoms. The Labute approximate surface area is 141 Å². The van der Waals surface area contributed by atoms with Gasteiger partial charge < -0.3 is 9.64 Å². The van der Waals surface area contributed by atoms with Gasteiger partial charge >= 0.3 is 5.97 Å². The SMILES string of the molecule is COC(=O)C1=C(C)N(CC(C)C)C(=O)/C1=C\c1cccc(Cl)c1. The lowest BCUT2D eigenvalue weighted by Gasteiger charge is -2.19. The molecule has 0 bridgehead atoms. The van der Waals surface area contributed by atoms with Crippen molar-refractivity contribution < 1.29 is 14.3 Å². The molecule has 0 radical (unpaired) electrons. The van der Waals surface area contributed by atoms with Crippen LogP contribution in [0.1, 0.15) is 26.3 Å². The van der Waals surface area contributed by atoms with Gasteiger partial charge in [0.15, 0.2) is 0 Å². The number of hydrogen-bond acceptors (Lipinski definition) is 3. The predicted octanol–water partition coefficient (Wildman–Crippen LogP) is 3.67. The zero-order valence-corrected chi connectivity index (χ0v) is 14.5. The standard InChI is InChI=1S/C18H20ClNO3/c1-11(2)10-20-12(3)16(18(22)23-4)15(17(20)21)9-13-6-5-7-14(19)8-13/h5-9,11H,10H2,1-4H3/b15-9-. The summed E-state index contributed by atoms with van der Waals surface area (Å²) in [7, 11) is 1.31. The zero-order chi connectivity index (χ0) is 17.1. The van der Waals surface area contributed by atoms with Crippen molar-refractivity contribution in [2.24, 2.45) is 5.92 Å². The highest BCUT2D eigenvalue weighted by Gasteiger charge is 2.37. The van der Waals surface area contributed by atoms with Gasteiger partial charge in [0, 0.05) is 17.3 Å². The predicted molar refractivity (Wildman–Crippen MR) is 90.7 cm³/mol. The third kappa shape index (κ3) is 3.64. The van der Waals surface area contributed by atoms with Crippen molar-refractivity contribution in [2.75, 3.05) is 13.7 Å². The van der Waals surface area contributed by atoms with E-state index in [1.807, 2.05) is 19.9 Å². The molecule has 0 aromatic heterocycles. The molecule has 122 valence electrons. The van der Waals surface area contributed by atoms with Crippen LogP contribution < -0.4 is 0 Å². The smallest absolute Gasteiger partial charge is 0.340 e. The summed E-state index contributed by atoms with van der Waals surface area (Å²) in [6, 6.07) is 7.14. The highest BCUT2D eigenvalue weighted by Crippen LogP contribution is 2.32. The quantitative estimate of drug-likeness (QED) is 0.624. The molecule has 0 atom stereocenters. The lowest BCUT2D eigenvalue weighted by Crippen LogP contribution is -2.28. The molecule has 1 aromatic rings. The molecule has 1 aromatic carbocycles. The first kappa shape index (κ1) is 17.3. The molecule has 0 aliphatic carbocycles. The summed E-state index contributed by atoms with van der Waals surface area (Å²) in [5.41, 5.74) is 2.06. The van der Waals surface area contributed by atoms with E-state index in [0.29, 0.717) is 34.3 Å². The summed E-state index contributed by atoms with van der Waals surface area (Å²) in [6.45, 7) is 6.37. The molecule has 0 N–H and O–H groups in total. The van der Waals surface area contributed by atoms with Crippen molar-refractivity contribution in [1.29, 1.82) is 0 Å². The van der Waals surface area contributed by atoms with Crippen molar-refractivity contribution in [2.45, 2.75) is 20.8 Å². The van der Waals surface area contributed by atoms with Crippen LogP contribution in [0, 0.1) is 5.92 Å². The monoisotopic (exact) mass is 333 g/mol. The second-order valence-electron chi connectivity index (χ2n) is 5.87. The fourth-order valence-corrected chi connectivity index (χ4v) is 2.77. The number of halogens is 1. The maximum atomic E-state index is 12.7. The second-order valence-corrected chi connectivity index (χ2v) is 6.31. The first-order valence-corrected chi connectivity index (χ1v) is 7.81. The highest BCUT2D eigenvalue weighted by molar-refractivity contribution is 6.30. The van der Waals surface area contributed by atoms with Crippen molar-refractivity contribution in [1.82, 2.24) is 4.90 Å². The van der Waals surface area contributed by atoms with Gasteiger partial charge in [-0.05, 0) is 36.6 Å². The number of rotatable bonds is 4. The third-order valence-electron chi connectivity index (χ3n) is 3.61. The molecule has 1 aliphatic rings. The molecule has 4 nitrogen and oxygen atoms in total. The van der Waals surface area contributed by atoms with E-state index in [4.69, 9.17) is 16.3 Å². The maximum Gasteiger partial charge on any atom is 0.340 e. The van der Waals surface area contributed by atoms with E-state index in [1.165, 1.54) is 7.11 Å². The summed E-state index contributed by atoms with van der Waals surface area (Å²) >= 11 is 5.99. The van der Waals surface area contributed by atoms with Gasteiger partial charge in [0.05, 0.1) is 18.3 Å². The van der Waals surface area contributed by atoms with Crippen LogP contribution in [0.2, 0.25) is 5.02 Å². The molecule has 0 unspecified atom stereocenters. The largest absolute Gasteiger partial charge is 0.465 e. The third-order valence-corrected chi connectivity index (χ3v) is 3.84. The number of ether oxygens (including phenoxy) is 1. The van der Waals surface area contributed by atoms with E-state index in [-0.39, 0.29) is 5.91 Å². The fraction of sp³-hybridized carbons (Fsp3) is 0.333. The lowest BCUT2D eigenvalue weighted by atomic mass is 10.0. The Balaban J connectivity index is 2.52. The van der Waals surface area contributed by atoms with E-state index in [2.05, 4.69) is 0 Å². The average molecular weight is 334 g/mol. The van der Waals surface area contributed by atoms with Crippen molar-refractivity contribution in [3.8, 4) is 0 Å². The van der Waals surface area contributed by atoms with Gasteiger partial charge in [-0.1, -0.05) is 37.6 Å². The summed E-state index contributed by atoms with van der Waals surface area (Å²) in [6.07, 6.45) is 1.68. The second kappa shape index (κ2) is 7.01. The van der Waals surface area contributed by atoms with Crippen molar-refractivity contribution in [3.05, 3.63) is 51.7 Å². The number of nitrogens with zero attached hydrogens (tertiary/aromatic N) is 1. The van der Waals surface area contributed by atoms with E-state index in [9.17, 15) is 9.59 Å². The molecular weight excluding hydrogens is 314 g/mol. The number of hydrogen-bond donors (Lipinski definition) is 0. The van der Waals surface area contributed by atoms with Crippen LogP contribution in [0.15, 0.2) is 41.1 Å². The van der Waals surface area contributed by atoms with E-state index >= 15 is 0 Å². The van der Waals surface area contributed by atoms with Crippen LogP contribution in [0.5, 0.6) is 0 Å². The minimum Gasteiger partial charge on any atom is -0.465 e. The van der Waals surface area contributed by atoms with Gasteiger partial charge in [-0.3, -0.25) is 4.79 Å². The minimum absolute atomic E-state index is 0.184. The molecular formula is C18H20ClNO3. The zero-order valence-electron chi connectivity index (χ0n) is 13.7. The van der Waals surface area contributed by atoms with Crippen LogP contribution in [-0.2, 0) is 14.3 Å². The van der Waals surface area contributed by atoms with Gasteiger partial charge in [0.25, 0.3) is 5.91 Å². The number of esters is 1. The van der Waals surface area contributed by atoms with Crippen LogP contribution in [0.25, 0.3) is 6.08 Å². The molecule has 2 rings (SSSR count). The number of carbonyl (C=O) groups is 2. The van der Waals surface area contributed by atoms with Crippen LogP contribution in [0.4, 0.5) is 0 Å².